The molecule has 0 aliphatic heterocycles. The highest BCUT2D eigenvalue weighted by atomic mass is 32.2. The van der Waals surface area contributed by atoms with Crippen LogP contribution in [0, 0.1) is 0 Å². The third kappa shape index (κ3) is 3.81. The normalized spacial score (nSPS) is 15.1. The Balaban J connectivity index is 3.75. The third-order valence-corrected chi connectivity index (χ3v) is 2.18. The van der Waals surface area contributed by atoms with E-state index in [1.54, 1.807) is 0 Å². The molecule has 10 heavy (non-hydrogen) atoms. The number of rotatable bonds is 4. The molecule has 0 spiro atoms. The first-order valence-corrected chi connectivity index (χ1v) is 4.79. The molecule has 1 unspecified atom stereocenters. The van der Waals surface area contributed by atoms with Gasteiger partial charge in [-0.05, 0) is 6.42 Å². The number of aliphatic hydroxyl groups is 1. The van der Waals surface area contributed by atoms with Crippen molar-refractivity contribution in [3.8, 4) is 0 Å². The van der Waals surface area contributed by atoms with Gasteiger partial charge in [-0.2, -0.15) is 0 Å². The van der Waals surface area contributed by atoms with E-state index in [9.17, 15) is 8.42 Å². The Labute approximate surface area is 61.1 Å². The van der Waals surface area contributed by atoms with Crippen LogP contribution < -0.4 is 5.14 Å². The molecule has 62 valence electrons. The van der Waals surface area contributed by atoms with Crippen LogP contribution in [-0.2, 0) is 10.0 Å². The van der Waals surface area contributed by atoms with Gasteiger partial charge in [-0.1, -0.05) is 19.8 Å². The molecule has 0 rings (SSSR count). The van der Waals surface area contributed by atoms with Gasteiger partial charge in [0.25, 0.3) is 0 Å². The minimum atomic E-state index is -3.72. The van der Waals surface area contributed by atoms with Gasteiger partial charge in [-0.3, -0.25) is 0 Å². The van der Waals surface area contributed by atoms with Crippen LogP contribution in [0.2, 0.25) is 0 Å². The topological polar surface area (TPSA) is 80.4 Å². The Morgan fingerprint density at radius 3 is 2.40 bits per heavy atom. The van der Waals surface area contributed by atoms with Crippen molar-refractivity contribution in [2.45, 2.75) is 31.6 Å². The van der Waals surface area contributed by atoms with Gasteiger partial charge in [0, 0.05) is 0 Å². The number of unbranched alkanes of at least 4 members (excludes halogenated alkanes) is 1. The molecular formula is C5H13NO3S. The Bertz CT molecular complexity index is 175. The van der Waals surface area contributed by atoms with E-state index in [0.717, 1.165) is 6.42 Å². The zero-order valence-electron chi connectivity index (χ0n) is 5.95. The monoisotopic (exact) mass is 167 g/mol. The molecule has 0 bridgehead atoms. The molecule has 0 amide bonds. The van der Waals surface area contributed by atoms with E-state index >= 15 is 0 Å². The van der Waals surface area contributed by atoms with Crippen molar-refractivity contribution in [2.24, 2.45) is 5.14 Å². The Kier molecular flexibility index (Phi) is 3.85. The molecule has 0 heterocycles. The zero-order valence-corrected chi connectivity index (χ0v) is 6.76. The molecule has 0 radical (unpaired) electrons. The molecule has 0 saturated carbocycles. The van der Waals surface area contributed by atoms with Crippen molar-refractivity contribution >= 4 is 10.0 Å². The van der Waals surface area contributed by atoms with Gasteiger partial charge in [0.15, 0.2) is 5.44 Å². The summed E-state index contributed by atoms with van der Waals surface area (Å²) < 4.78 is 20.7. The predicted molar refractivity (Wildman–Crippen MR) is 38.6 cm³/mol. The summed E-state index contributed by atoms with van der Waals surface area (Å²) in [5.74, 6) is 0. The number of primary sulfonamides is 1. The summed E-state index contributed by atoms with van der Waals surface area (Å²) in [5.41, 5.74) is -1.38. The van der Waals surface area contributed by atoms with E-state index in [-0.39, 0.29) is 6.42 Å². The van der Waals surface area contributed by atoms with E-state index in [0.29, 0.717) is 6.42 Å². The van der Waals surface area contributed by atoms with E-state index in [2.05, 4.69) is 5.14 Å². The lowest BCUT2D eigenvalue weighted by molar-refractivity contribution is 0.235. The van der Waals surface area contributed by atoms with Crippen LogP contribution in [-0.4, -0.2) is 19.0 Å². The maximum absolute atomic E-state index is 10.4. The second kappa shape index (κ2) is 3.90. The average Bonchev–Trinajstić information content (AvgIpc) is 1.80. The van der Waals surface area contributed by atoms with Crippen molar-refractivity contribution in [3.05, 3.63) is 0 Å². The van der Waals surface area contributed by atoms with Crippen LogP contribution in [0.4, 0.5) is 0 Å². The molecule has 4 nitrogen and oxygen atoms in total. The molecule has 1 atom stereocenters. The fourth-order valence-corrected chi connectivity index (χ4v) is 1.04. The highest BCUT2D eigenvalue weighted by molar-refractivity contribution is 7.89. The van der Waals surface area contributed by atoms with Gasteiger partial charge in [-0.25, -0.2) is 13.6 Å². The van der Waals surface area contributed by atoms with Gasteiger partial charge in [-0.15, -0.1) is 0 Å². The van der Waals surface area contributed by atoms with Crippen molar-refractivity contribution in [3.63, 3.8) is 0 Å². The van der Waals surface area contributed by atoms with Crippen molar-refractivity contribution in [2.75, 3.05) is 0 Å². The molecule has 0 aliphatic rings. The van der Waals surface area contributed by atoms with Gasteiger partial charge in [0.05, 0.1) is 0 Å². The second-order valence-electron chi connectivity index (χ2n) is 2.19. The minimum Gasteiger partial charge on any atom is -0.376 e. The lowest BCUT2D eigenvalue weighted by Gasteiger charge is -2.05. The molecule has 0 aliphatic carbocycles. The maximum atomic E-state index is 10.4. The number of nitrogens with two attached hydrogens (primary N) is 1. The second-order valence-corrected chi connectivity index (χ2v) is 3.91. The lowest BCUT2D eigenvalue weighted by atomic mass is 10.3. The first-order valence-electron chi connectivity index (χ1n) is 3.18. The average molecular weight is 167 g/mol. The summed E-state index contributed by atoms with van der Waals surface area (Å²) in [7, 11) is -3.72. The summed E-state index contributed by atoms with van der Waals surface area (Å²) >= 11 is 0. The van der Waals surface area contributed by atoms with Crippen molar-refractivity contribution in [1.82, 2.24) is 0 Å². The Morgan fingerprint density at radius 1 is 1.60 bits per heavy atom. The highest BCUT2D eigenvalue weighted by Crippen LogP contribution is 2.03. The Morgan fingerprint density at radius 2 is 2.10 bits per heavy atom. The third-order valence-electron chi connectivity index (χ3n) is 1.18. The smallest absolute Gasteiger partial charge is 0.235 e. The molecule has 0 saturated heterocycles. The largest absolute Gasteiger partial charge is 0.376 e. The van der Waals surface area contributed by atoms with Crippen LogP contribution in [0.1, 0.15) is 26.2 Å². The number of hydrogen-bond donors (Lipinski definition) is 2. The quantitative estimate of drug-likeness (QED) is 0.607. The number of aliphatic hydroxyl groups excluding tert-OH is 1. The summed E-state index contributed by atoms with van der Waals surface area (Å²) in [5, 5.41) is 13.4. The van der Waals surface area contributed by atoms with Gasteiger partial charge < -0.3 is 5.11 Å². The van der Waals surface area contributed by atoms with E-state index in [1.165, 1.54) is 0 Å². The molecule has 0 fully saturated rings. The Hall–Kier alpha value is -0.130. The molecule has 5 heteroatoms. The molecular weight excluding hydrogens is 154 g/mol. The van der Waals surface area contributed by atoms with E-state index in [1.807, 2.05) is 6.92 Å². The summed E-state index contributed by atoms with van der Waals surface area (Å²) in [6, 6.07) is 0. The fourth-order valence-electron chi connectivity index (χ4n) is 0.543. The highest BCUT2D eigenvalue weighted by Gasteiger charge is 2.15. The minimum absolute atomic E-state index is 0.231. The van der Waals surface area contributed by atoms with Crippen LogP contribution in [0.15, 0.2) is 0 Å². The first kappa shape index (κ1) is 9.87. The van der Waals surface area contributed by atoms with Crippen LogP contribution in [0.5, 0.6) is 0 Å². The molecule has 0 aromatic carbocycles. The van der Waals surface area contributed by atoms with Crippen molar-refractivity contribution in [1.29, 1.82) is 0 Å². The molecule has 0 aromatic rings. The van der Waals surface area contributed by atoms with Gasteiger partial charge >= 0.3 is 0 Å². The SMILES string of the molecule is CCCCC(O)S(N)(=O)=O. The number of sulfonamides is 1. The van der Waals surface area contributed by atoms with Gasteiger partial charge in [0.1, 0.15) is 0 Å². The summed E-state index contributed by atoms with van der Waals surface area (Å²) in [6.07, 6.45) is 1.76. The van der Waals surface area contributed by atoms with Crippen molar-refractivity contribution < 1.29 is 13.5 Å². The maximum Gasteiger partial charge on any atom is 0.235 e. The van der Waals surface area contributed by atoms with Crippen LogP contribution in [0.25, 0.3) is 0 Å². The van der Waals surface area contributed by atoms with Gasteiger partial charge in [0.2, 0.25) is 10.0 Å². The first-order chi connectivity index (χ1) is 4.48. The van der Waals surface area contributed by atoms with E-state index in [4.69, 9.17) is 5.11 Å². The van der Waals surface area contributed by atoms with E-state index < -0.39 is 15.5 Å². The van der Waals surface area contributed by atoms with Crippen LogP contribution >= 0.6 is 0 Å². The zero-order chi connectivity index (χ0) is 8.20. The molecule has 3 N–H and O–H groups in total. The summed E-state index contributed by atoms with van der Waals surface area (Å²) in [6.45, 7) is 1.91. The lowest BCUT2D eigenvalue weighted by Crippen LogP contribution is -2.27. The predicted octanol–water partition coefficient (Wildman–Crippen LogP) is -0.216. The fraction of sp³-hybridized carbons (Fsp3) is 1.00. The molecule has 0 aromatic heterocycles. The van der Waals surface area contributed by atoms with Crippen LogP contribution in [0.3, 0.4) is 0 Å². The summed E-state index contributed by atoms with van der Waals surface area (Å²) in [4.78, 5) is 0. The number of hydrogen-bond acceptors (Lipinski definition) is 3. The standard InChI is InChI=1S/C5H13NO3S/c1-2-3-4-5(7)10(6,8)9/h5,7H,2-4H2,1H3,(H2,6,8,9).